The van der Waals surface area contributed by atoms with Gasteiger partial charge >= 0.3 is 0 Å². The van der Waals surface area contributed by atoms with Gasteiger partial charge in [0.05, 0.1) is 25.6 Å². The number of benzene rings is 2. The molecule has 1 amide bonds. The second-order valence-electron chi connectivity index (χ2n) is 6.38. The van der Waals surface area contributed by atoms with Gasteiger partial charge < -0.3 is 14.8 Å². The molecule has 0 aliphatic carbocycles. The number of hydrogen-bond donors (Lipinski definition) is 1. The molecular weight excluding hydrogens is 418 g/mol. The van der Waals surface area contributed by atoms with Crippen molar-refractivity contribution in [2.24, 2.45) is 0 Å². The first-order chi connectivity index (χ1) is 14.2. The maximum atomic E-state index is 14.0. The van der Waals surface area contributed by atoms with E-state index in [0.717, 1.165) is 22.7 Å². The van der Waals surface area contributed by atoms with Gasteiger partial charge in [-0.25, -0.2) is 17.2 Å². The summed E-state index contributed by atoms with van der Waals surface area (Å²) >= 11 is 0. The number of nitrogens with zero attached hydrogens (tertiary/aromatic N) is 1. The van der Waals surface area contributed by atoms with Crippen LogP contribution < -0.4 is 19.1 Å². The molecule has 0 radical (unpaired) electrons. The molecule has 2 rings (SSSR count). The minimum atomic E-state index is -3.80. The molecule has 0 aliphatic heterocycles. The van der Waals surface area contributed by atoms with E-state index in [2.05, 4.69) is 5.32 Å². The fourth-order valence-electron chi connectivity index (χ4n) is 2.71. The van der Waals surface area contributed by atoms with Gasteiger partial charge in [-0.15, -0.1) is 0 Å². The van der Waals surface area contributed by atoms with Crippen LogP contribution in [0.5, 0.6) is 11.5 Å². The van der Waals surface area contributed by atoms with E-state index in [0.29, 0.717) is 17.6 Å². The number of nitrogens with one attached hydrogen (secondary N) is 1. The highest BCUT2D eigenvalue weighted by Crippen LogP contribution is 2.25. The van der Waals surface area contributed by atoms with Crippen LogP contribution in [0, 0.1) is 11.6 Å². The van der Waals surface area contributed by atoms with Gasteiger partial charge in [0.2, 0.25) is 15.9 Å². The Balaban J connectivity index is 1.80. The monoisotopic (exact) mass is 442 g/mol. The Kier molecular flexibility index (Phi) is 8.40. The first-order valence-corrected chi connectivity index (χ1v) is 11.0. The SMILES string of the molecule is COc1ccccc1OCCNC(=O)CCCN(c1ccc(F)cc1F)S(C)(=O)=O. The number of ether oxygens (including phenoxy) is 2. The summed E-state index contributed by atoms with van der Waals surface area (Å²) in [5.41, 5.74) is -0.260. The van der Waals surface area contributed by atoms with Gasteiger partial charge in [0.1, 0.15) is 18.2 Å². The third kappa shape index (κ3) is 6.87. The van der Waals surface area contributed by atoms with Gasteiger partial charge in [0, 0.05) is 19.0 Å². The summed E-state index contributed by atoms with van der Waals surface area (Å²) < 4.78 is 62.5. The van der Waals surface area contributed by atoms with Crippen molar-refractivity contribution in [2.75, 3.05) is 37.4 Å². The smallest absolute Gasteiger partial charge is 0.232 e. The van der Waals surface area contributed by atoms with Crippen LogP contribution in [0.3, 0.4) is 0 Å². The maximum Gasteiger partial charge on any atom is 0.232 e. The average molecular weight is 442 g/mol. The fourth-order valence-corrected chi connectivity index (χ4v) is 3.68. The fraction of sp³-hybridized carbons (Fsp3) is 0.350. The van der Waals surface area contributed by atoms with Gasteiger partial charge in [0.25, 0.3) is 0 Å². The van der Waals surface area contributed by atoms with Crippen LogP contribution in [-0.2, 0) is 14.8 Å². The Bertz CT molecular complexity index is 969. The number of hydrogen-bond acceptors (Lipinski definition) is 5. The van der Waals surface area contributed by atoms with Crippen molar-refractivity contribution in [2.45, 2.75) is 12.8 Å². The molecule has 0 aliphatic rings. The third-order valence-electron chi connectivity index (χ3n) is 4.09. The van der Waals surface area contributed by atoms with E-state index in [1.165, 1.54) is 7.11 Å². The first-order valence-electron chi connectivity index (χ1n) is 9.17. The molecule has 0 atom stereocenters. The van der Waals surface area contributed by atoms with E-state index >= 15 is 0 Å². The molecule has 0 saturated heterocycles. The number of amides is 1. The van der Waals surface area contributed by atoms with Crippen molar-refractivity contribution < 1.29 is 31.5 Å². The molecule has 2 aromatic carbocycles. The van der Waals surface area contributed by atoms with Gasteiger partial charge in [-0.1, -0.05) is 12.1 Å². The van der Waals surface area contributed by atoms with Crippen LogP contribution in [0.15, 0.2) is 42.5 Å². The average Bonchev–Trinajstić information content (AvgIpc) is 2.69. The van der Waals surface area contributed by atoms with Crippen molar-refractivity contribution in [1.29, 1.82) is 0 Å². The zero-order chi connectivity index (χ0) is 22.1. The van der Waals surface area contributed by atoms with E-state index in [1.807, 2.05) is 6.07 Å². The summed E-state index contributed by atoms with van der Waals surface area (Å²) in [6, 6.07) is 9.76. The second kappa shape index (κ2) is 10.8. The molecule has 0 fully saturated rings. The van der Waals surface area contributed by atoms with Crippen LogP contribution >= 0.6 is 0 Å². The largest absolute Gasteiger partial charge is 0.493 e. The number of carbonyl (C=O) groups is 1. The van der Waals surface area contributed by atoms with Gasteiger partial charge in [-0.05, 0) is 30.7 Å². The van der Waals surface area contributed by atoms with Crippen LogP contribution in [0.2, 0.25) is 0 Å². The molecule has 30 heavy (non-hydrogen) atoms. The van der Waals surface area contributed by atoms with Crippen molar-refractivity contribution in [3.63, 3.8) is 0 Å². The molecule has 0 unspecified atom stereocenters. The highest BCUT2D eigenvalue weighted by molar-refractivity contribution is 7.92. The van der Waals surface area contributed by atoms with Crippen molar-refractivity contribution >= 4 is 21.6 Å². The standard InChI is InChI=1S/C20H24F2N2O5S/c1-28-18-6-3-4-7-19(18)29-13-11-23-20(25)8-5-12-24(30(2,26)27)17-10-9-15(21)14-16(17)22/h3-4,6-7,9-10,14H,5,8,11-13H2,1-2H3,(H,23,25). The lowest BCUT2D eigenvalue weighted by Crippen LogP contribution is -2.33. The normalized spacial score (nSPS) is 11.1. The molecule has 2 aromatic rings. The van der Waals surface area contributed by atoms with E-state index in [-0.39, 0.29) is 44.1 Å². The Hall–Kier alpha value is -2.88. The van der Waals surface area contributed by atoms with E-state index in [9.17, 15) is 22.0 Å². The molecule has 7 nitrogen and oxygen atoms in total. The summed E-state index contributed by atoms with van der Waals surface area (Å²) in [6.07, 6.45) is 1.11. The summed E-state index contributed by atoms with van der Waals surface area (Å²) in [7, 11) is -2.27. The Labute approximate surface area is 174 Å². The highest BCUT2D eigenvalue weighted by atomic mass is 32.2. The lowest BCUT2D eigenvalue weighted by Gasteiger charge is -2.22. The summed E-state index contributed by atoms with van der Waals surface area (Å²) in [5.74, 6) is -0.957. The summed E-state index contributed by atoms with van der Waals surface area (Å²) in [6.45, 7) is 0.355. The number of para-hydroxylation sites is 2. The van der Waals surface area contributed by atoms with Crippen LogP contribution in [-0.4, -0.2) is 47.4 Å². The second-order valence-corrected chi connectivity index (χ2v) is 8.29. The third-order valence-corrected chi connectivity index (χ3v) is 5.27. The molecule has 0 saturated carbocycles. The summed E-state index contributed by atoms with van der Waals surface area (Å²) in [5, 5.41) is 2.67. The minimum Gasteiger partial charge on any atom is -0.493 e. The van der Waals surface area contributed by atoms with E-state index in [1.54, 1.807) is 18.2 Å². The first kappa shape index (κ1) is 23.4. The zero-order valence-corrected chi connectivity index (χ0v) is 17.5. The van der Waals surface area contributed by atoms with Crippen molar-refractivity contribution in [3.8, 4) is 11.5 Å². The highest BCUT2D eigenvalue weighted by Gasteiger charge is 2.21. The molecule has 1 N–H and O–H groups in total. The molecule has 0 aromatic heterocycles. The molecule has 0 heterocycles. The van der Waals surface area contributed by atoms with Crippen LogP contribution in [0.1, 0.15) is 12.8 Å². The molecule has 0 bridgehead atoms. The quantitative estimate of drug-likeness (QED) is 0.541. The number of rotatable bonds is 11. The maximum absolute atomic E-state index is 14.0. The lowest BCUT2D eigenvalue weighted by molar-refractivity contribution is -0.121. The molecule has 164 valence electrons. The van der Waals surface area contributed by atoms with Crippen molar-refractivity contribution in [1.82, 2.24) is 5.32 Å². The Morgan fingerprint density at radius 3 is 2.47 bits per heavy atom. The minimum absolute atomic E-state index is 0.0312. The topological polar surface area (TPSA) is 84.9 Å². The number of halogens is 2. The molecule has 10 heteroatoms. The van der Waals surface area contributed by atoms with Gasteiger partial charge in [0.15, 0.2) is 11.5 Å². The van der Waals surface area contributed by atoms with Gasteiger partial charge in [-0.2, -0.15) is 0 Å². The lowest BCUT2D eigenvalue weighted by atomic mass is 10.2. The zero-order valence-electron chi connectivity index (χ0n) is 16.7. The predicted molar refractivity (Wildman–Crippen MR) is 109 cm³/mol. The van der Waals surface area contributed by atoms with E-state index in [4.69, 9.17) is 9.47 Å². The number of methoxy groups -OCH3 is 1. The summed E-state index contributed by atoms with van der Waals surface area (Å²) in [4.78, 5) is 12.0. The van der Waals surface area contributed by atoms with Gasteiger partial charge in [-0.3, -0.25) is 9.10 Å². The number of anilines is 1. The Morgan fingerprint density at radius 1 is 1.13 bits per heavy atom. The number of sulfonamides is 1. The van der Waals surface area contributed by atoms with Crippen molar-refractivity contribution in [3.05, 3.63) is 54.1 Å². The van der Waals surface area contributed by atoms with Crippen LogP contribution in [0.4, 0.5) is 14.5 Å². The molecular formula is C20H24F2N2O5S. The number of carbonyl (C=O) groups excluding carboxylic acids is 1. The van der Waals surface area contributed by atoms with Crippen LogP contribution in [0.25, 0.3) is 0 Å². The predicted octanol–water partition coefficient (Wildman–Crippen LogP) is 2.71. The Morgan fingerprint density at radius 2 is 1.83 bits per heavy atom. The molecule has 0 spiro atoms. The van der Waals surface area contributed by atoms with E-state index < -0.39 is 21.7 Å².